The molecule has 0 spiro atoms. The average molecular weight is 590 g/mol. The van der Waals surface area contributed by atoms with E-state index < -0.39 is 0 Å². The first-order valence-corrected chi connectivity index (χ1v) is 16.3. The predicted octanol–water partition coefficient (Wildman–Crippen LogP) is 12.5. The normalized spacial score (nSPS) is 14.7. The van der Waals surface area contributed by atoms with E-state index in [1.165, 1.54) is 76.8 Å². The van der Waals surface area contributed by atoms with Crippen LogP contribution in [0.4, 0.5) is 0 Å². The van der Waals surface area contributed by atoms with Crippen LogP contribution in [0.25, 0.3) is 65.7 Å². The van der Waals surface area contributed by atoms with Crippen molar-refractivity contribution in [1.82, 2.24) is 0 Å². The van der Waals surface area contributed by atoms with E-state index in [4.69, 9.17) is 0 Å². The zero-order valence-corrected chi connectivity index (χ0v) is 26.1. The van der Waals surface area contributed by atoms with Gasteiger partial charge in [0, 0.05) is 18.8 Å². The second-order valence-electron chi connectivity index (χ2n) is 12.2. The molecule has 0 radical (unpaired) electrons. The molecule has 1 aliphatic carbocycles. The number of allylic oxidation sites excluding steroid dienone is 9. The van der Waals surface area contributed by atoms with E-state index in [9.17, 15) is 0 Å². The first-order chi connectivity index (χ1) is 22.7. The number of aliphatic imine (C=N–C) groups is 1. The van der Waals surface area contributed by atoms with Gasteiger partial charge in [0.05, 0.1) is 0 Å². The van der Waals surface area contributed by atoms with E-state index in [0.29, 0.717) is 0 Å². The Morgan fingerprint density at radius 3 is 1.89 bits per heavy atom. The molecule has 0 amide bonds. The third-order valence-corrected chi connectivity index (χ3v) is 9.34. The molecule has 0 atom stereocenters. The molecule has 0 bridgehead atoms. The van der Waals surface area contributed by atoms with Crippen molar-refractivity contribution in [3.63, 3.8) is 0 Å². The van der Waals surface area contributed by atoms with Gasteiger partial charge in [-0.05, 0) is 120 Å². The molecule has 6 aromatic carbocycles. The van der Waals surface area contributed by atoms with Crippen LogP contribution >= 0.6 is 0 Å². The lowest BCUT2D eigenvalue weighted by molar-refractivity contribution is 1.04. The molecule has 8 rings (SSSR count). The third-order valence-electron chi connectivity index (χ3n) is 9.34. The molecule has 0 unspecified atom stereocenters. The van der Waals surface area contributed by atoms with Crippen LogP contribution in [-0.4, -0.2) is 6.21 Å². The number of rotatable bonds is 5. The molecular weight excluding hydrogens is 555 g/mol. The Balaban J connectivity index is 1.28. The van der Waals surface area contributed by atoms with Crippen LogP contribution < -0.4 is 0 Å². The van der Waals surface area contributed by atoms with E-state index >= 15 is 0 Å². The second kappa shape index (κ2) is 12.1. The highest BCUT2D eigenvalue weighted by atomic mass is 14.7. The molecule has 0 N–H and O–H groups in total. The third kappa shape index (κ3) is 5.25. The topological polar surface area (TPSA) is 12.4 Å². The lowest BCUT2D eigenvalue weighted by atomic mass is 9.90. The van der Waals surface area contributed by atoms with Gasteiger partial charge in [0.15, 0.2) is 0 Å². The van der Waals surface area contributed by atoms with Crippen molar-refractivity contribution in [1.29, 1.82) is 0 Å². The molecule has 46 heavy (non-hydrogen) atoms. The fourth-order valence-electron chi connectivity index (χ4n) is 6.90. The largest absolute Gasteiger partial charge is 0.268 e. The molecule has 2 aliphatic rings. The van der Waals surface area contributed by atoms with Crippen molar-refractivity contribution in [2.75, 3.05) is 0 Å². The number of hydrogen-bond donors (Lipinski definition) is 0. The lowest BCUT2D eigenvalue weighted by Crippen LogP contribution is -1.91. The highest BCUT2D eigenvalue weighted by Gasteiger charge is 2.13. The summed E-state index contributed by atoms with van der Waals surface area (Å²) < 4.78 is 0. The van der Waals surface area contributed by atoms with Gasteiger partial charge in [-0.15, -0.1) is 0 Å². The lowest BCUT2D eigenvalue weighted by Gasteiger charge is -2.14. The molecule has 0 fully saturated rings. The summed E-state index contributed by atoms with van der Waals surface area (Å²) in [5.74, 6) is 0. The maximum atomic E-state index is 4.55. The summed E-state index contributed by atoms with van der Waals surface area (Å²) >= 11 is 0. The smallest absolute Gasteiger partial charge is 0.0342 e. The molecule has 1 aliphatic heterocycles. The Morgan fingerprint density at radius 2 is 1.15 bits per heavy atom. The van der Waals surface area contributed by atoms with Crippen molar-refractivity contribution in [2.24, 2.45) is 4.99 Å². The summed E-state index contributed by atoms with van der Waals surface area (Å²) in [6.07, 6.45) is 20.3. The Bertz CT molecular complexity index is 2300. The molecule has 0 aromatic heterocycles. The fraction of sp³-hybridized carbons (Fsp3) is 0.0889. The van der Waals surface area contributed by atoms with E-state index in [1.807, 2.05) is 12.4 Å². The molecule has 0 saturated carbocycles. The summed E-state index contributed by atoms with van der Waals surface area (Å²) in [6.45, 7) is 2.24. The van der Waals surface area contributed by atoms with E-state index in [0.717, 1.165) is 24.8 Å². The Hall–Kier alpha value is -5.53. The standard InChI is InChI=1S/C45H35N/c1-2-31-12-3-4-13-32(24-31)37-26-38(28-39(27-37)36-14-9-10-23-46-30-36)34-16-11-15-33(25-34)35-21-22-44-42-19-6-5-17-40(42)41-18-7-8-20-43(41)45(44)29-35/h3-9,11,13-30H,2,10,12H2,1H3. The van der Waals surface area contributed by atoms with Crippen molar-refractivity contribution >= 4 is 49.7 Å². The van der Waals surface area contributed by atoms with Crippen LogP contribution in [0.15, 0.2) is 162 Å². The summed E-state index contributed by atoms with van der Waals surface area (Å²) in [6, 6.07) is 40.5. The predicted molar refractivity (Wildman–Crippen MR) is 200 cm³/mol. The van der Waals surface area contributed by atoms with Gasteiger partial charge in [-0.1, -0.05) is 128 Å². The number of nitrogens with zero attached hydrogens (tertiary/aromatic N) is 1. The highest BCUT2D eigenvalue weighted by Crippen LogP contribution is 2.38. The van der Waals surface area contributed by atoms with E-state index in [-0.39, 0.29) is 0 Å². The average Bonchev–Trinajstić information content (AvgIpc) is 3.56. The van der Waals surface area contributed by atoms with Crippen LogP contribution in [0.3, 0.4) is 0 Å². The van der Waals surface area contributed by atoms with Crippen molar-refractivity contribution in [2.45, 2.75) is 26.2 Å². The fourth-order valence-corrected chi connectivity index (χ4v) is 6.90. The maximum absolute atomic E-state index is 4.55. The number of benzene rings is 6. The van der Waals surface area contributed by atoms with E-state index in [1.54, 1.807) is 0 Å². The van der Waals surface area contributed by atoms with Gasteiger partial charge >= 0.3 is 0 Å². The Labute approximate surface area is 271 Å². The summed E-state index contributed by atoms with van der Waals surface area (Å²) in [5, 5.41) is 7.79. The zero-order chi connectivity index (χ0) is 30.9. The molecule has 1 nitrogen and oxygen atoms in total. The minimum atomic E-state index is 0.851. The summed E-state index contributed by atoms with van der Waals surface area (Å²) in [7, 11) is 0. The Morgan fingerprint density at radius 1 is 0.543 bits per heavy atom. The first-order valence-electron chi connectivity index (χ1n) is 16.3. The highest BCUT2D eigenvalue weighted by molar-refractivity contribution is 6.25. The second-order valence-corrected chi connectivity index (χ2v) is 12.2. The van der Waals surface area contributed by atoms with Crippen molar-refractivity contribution in [3.05, 3.63) is 169 Å². The number of hydrogen-bond acceptors (Lipinski definition) is 1. The maximum Gasteiger partial charge on any atom is 0.0342 e. The SMILES string of the molecule is CCC1=CC(c2cc(C3=CN=CCC=C3)cc(-c3cccc(-c4ccc5c6ccccc6c6ccccc6c5c4)c3)c2)=CC=CC1. The van der Waals surface area contributed by atoms with Crippen molar-refractivity contribution < 1.29 is 0 Å². The molecule has 220 valence electrons. The molecule has 1 heteroatoms. The first kappa shape index (κ1) is 28.0. The molecule has 1 heterocycles. The van der Waals surface area contributed by atoms with Gasteiger partial charge in [-0.3, -0.25) is 4.99 Å². The van der Waals surface area contributed by atoms with Gasteiger partial charge in [0.1, 0.15) is 0 Å². The molecule has 6 aromatic rings. The van der Waals surface area contributed by atoms with Crippen LogP contribution in [0, 0.1) is 0 Å². The summed E-state index contributed by atoms with van der Waals surface area (Å²) in [4.78, 5) is 4.55. The minimum absolute atomic E-state index is 0.851. The van der Waals surface area contributed by atoms with Crippen LogP contribution in [0.5, 0.6) is 0 Å². The van der Waals surface area contributed by atoms with Gasteiger partial charge in [0.2, 0.25) is 0 Å². The van der Waals surface area contributed by atoms with Crippen LogP contribution in [0.1, 0.15) is 37.3 Å². The quantitative estimate of drug-likeness (QED) is 0.177. The van der Waals surface area contributed by atoms with Gasteiger partial charge in [-0.25, -0.2) is 0 Å². The number of fused-ring (bicyclic) bond motifs is 6. The van der Waals surface area contributed by atoms with Crippen LogP contribution in [0.2, 0.25) is 0 Å². The van der Waals surface area contributed by atoms with E-state index in [2.05, 4.69) is 158 Å². The zero-order valence-electron chi connectivity index (χ0n) is 26.1. The minimum Gasteiger partial charge on any atom is -0.268 e. The summed E-state index contributed by atoms with van der Waals surface area (Å²) in [5.41, 5.74) is 11.1. The van der Waals surface area contributed by atoms with Gasteiger partial charge in [-0.2, -0.15) is 0 Å². The molecule has 0 saturated heterocycles. The molecular formula is C45H35N. The Kier molecular flexibility index (Phi) is 7.36. The van der Waals surface area contributed by atoms with Crippen LogP contribution in [-0.2, 0) is 0 Å². The monoisotopic (exact) mass is 589 g/mol. The van der Waals surface area contributed by atoms with Crippen molar-refractivity contribution in [3.8, 4) is 22.3 Å². The van der Waals surface area contributed by atoms with Gasteiger partial charge < -0.3 is 0 Å². The van der Waals surface area contributed by atoms with Gasteiger partial charge in [0.25, 0.3) is 0 Å².